The van der Waals surface area contributed by atoms with Gasteiger partial charge in [0.2, 0.25) is 0 Å². The third kappa shape index (κ3) is 1.62. The van der Waals surface area contributed by atoms with E-state index in [1.807, 2.05) is 12.1 Å². The van der Waals surface area contributed by atoms with E-state index in [-0.39, 0.29) is 0 Å². The van der Waals surface area contributed by atoms with E-state index in [1.54, 1.807) is 0 Å². The van der Waals surface area contributed by atoms with Crippen LogP contribution in [0.5, 0.6) is 0 Å². The molecule has 0 radical (unpaired) electrons. The summed E-state index contributed by atoms with van der Waals surface area (Å²) in [6.45, 7) is 4.21. The zero-order valence-electron chi connectivity index (χ0n) is 10.0. The van der Waals surface area contributed by atoms with Gasteiger partial charge in [-0.1, -0.05) is 30.3 Å². The molecule has 2 nitrogen and oxygen atoms in total. The molecule has 2 aromatic heterocycles. The number of rotatable bonds is 1. The van der Waals surface area contributed by atoms with Crippen LogP contribution < -0.4 is 0 Å². The molecule has 17 heavy (non-hydrogen) atoms. The molecule has 0 aliphatic rings. The van der Waals surface area contributed by atoms with E-state index in [0.717, 1.165) is 11.3 Å². The van der Waals surface area contributed by atoms with Crippen molar-refractivity contribution in [2.24, 2.45) is 0 Å². The molecule has 3 rings (SSSR count). The second kappa shape index (κ2) is 3.74. The predicted octanol–water partition coefficient (Wildman–Crippen LogP) is 3.62. The Morgan fingerprint density at radius 1 is 0.941 bits per heavy atom. The standard InChI is InChI=1S/C15H14N2/c1-11-6-3-4-8-13(11)14-10-17-12(2)7-5-9-15(17)16-14/h3-10H,1-2H3. The largest absolute Gasteiger partial charge is 0.304 e. The maximum Gasteiger partial charge on any atom is 0.137 e. The Labute approximate surface area is 101 Å². The van der Waals surface area contributed by atoms with E-state index < -0.39 is 0 Å². The molecule has 0 saturated carbocycles. The summed E-state index contributed by atoms with van der Waals surface area (Å²) in [4.78, 5) is 4.67. The number of aromatic nitrogens is 2. The third-order valence-electron chi connectivity index (χ3n) is 3.12. The van der Waals surface area contributed by atoms with Crippen LogP contribution in [-0.4, -0.2) is 9.38 Å². The summed E-state index contributed by atoms with van der Waals surface area (Å²) in [6, 6.07) is 14.5. The first kappa shape index (κ1) is 10.1. The van der Waals surface area contributed by atoms with Crippen LogP contribution >= 0.6 is 0 Å². The Hall–Kier alpha value is -2.09. The third-order valence-corrected chi connectivity index (χ3v) is 3.12. The molecule has 0 saturated heterocycles. The van der Waals surface area contributed by atoms with Crippen molar-refractivity contribution in [2.75, 3.05) is 0 Å². The highest BCUT2D eigenvalue weighted by Crippen LogP contribution is 2.23. The molecule has 0 spiro atoms. The maximum absolute atomic E-state index is 4.67. The lowest BCUT2D eigenvalue weighted by molar-refractivity contribution is 1.09. The molecule has 0 N–H and O–H groups in total. The van der Waals surface area contributed by atoms with Gasteiger partial charge in [-0.2, -0.15) is 0 Å². The van der Waals surface area contributed by atoms with Gasteiger partial charge in [0.05, 0.1) is 5.69 Å². The van der Waals surface area contributed by atoms with Gasteiger partial charge in [-0.25, -0.2) is 4.98 Å². The zero-order valence-corrected chi connectivity index (χ0v) is 10.0. The molecule has 0 amide bonds. The first-order chi connectivity index (χ1) is 8.25. The first-order valence-corrected chi connectivity index (χ1v) is 5.76. The van der Waals surface area contributed by atoms with Gasteiger partial charge >= 0.3 is 0 Å². The molecule has 0 fully saturated rings. The fourth-order valence-corrected chi connectivity index (χ4v) is 2.14. The van der Waals surface area contributed by atoms with Crippen LogP contribution in [-0.2, 0) is 0 Å². The predicted molar refractivity (Wildman–Crippen MR) is 70.1 cm³/mol. The van der Waals surface area contributed by atoms with Crippen molar-refractivity contribution in [3.8, 4) is 11.3 Å². The number of imidazole rings is 1. The molecule has 0 bridgehead atoms. The van der Waals surface area contributed by atoms with Gasteiger partial charge in [-0.3, -0.25) is 0 Å². The van der Waals surface area contributed by atoms with Crippen LogP contribution in [0.2, 0.25) is 0 Å². The van der Waals surface area contributed by atoms with Crippen molar-refractivity contribution in [3.63, 3.8) is 0 Å². The Kier molecular flexibility index (Phi) is 2.22. The van der Waals surface area contributed by atoms with E-state index in [4.69, 9.17) is 0 Å². The van der Waals surface area contributed by atoms with Crippen molar-refractivity contribution in [1.29, 1.82) is 0 Å². The van der Waals surface area contributed by atoms with Crippen LogP contribution in [0, 0.1) is 13.8 Å². The van der Waals surface area contributed by atoms with E-state index in [1.165, 1.54) is 16.8 Å². The number of benzene rings is 1. The van der Waals surface area contributed by atoms with Crippen molar-refractivity contribution in [3.05, 3.63) is 59.9 Å². The summed E-state index contributed by atoms with van der Waals surface area (Å²) in [5, 5.41) is 0. The summed E-state index contributed by atoms with van der Waals surface area (Å²) < 4.78 is 2.13. The van der Waals surface area contributed by atoms with E-state index in [0.29, 0.717) is 0 Å². The molecule has 84 valence electrons. The molecule has 1 aromatic carbocycles. The average Bonchev–Trinajstić information content (AvgIpc) is 2.75. The summed E-state index contributed by atoms with van der Waals surface area (Å²) in [5.41, 5.74) is 5.71. The van der Waals surface area contributed by atoms with E-state index in [2.05, 4.69) is 59.8 Å². The molecular formula is C15H14N2. The monoisotopic (exact) mass is 222 g/mol. The van der Waals surface area contributed by atoms with Gasteiger partial charge in [0.1, 0.15) is 5.65 Å². The summed E-state index contributed by atoms with van der Waals surface area (Å²) >= 11 is 0. The SMILES string of the molecule is Cc1ccccc1-c1cn2c(C)cccc2n1. The highest BCUT2D eigenvalue weighted by Gasteiger charge is 2.06. The lowest BCUT2D eigenvalue weighted by atomic mass is 10.1. The second-order valence-corrected chi connectivity index (χ2v) is 4.34. The topological polar surface area (TPSA) is 17.3 Å². The molecule has 2 heteroatoms. The molecular weight excluding hydrogens is 208 g/mol. The minimum absolute atomic E-state index is 1.00. The number of hydrogen-bond acceptors (Lipinski definition) is 1. The highest BCUT2D eigenvalue weighted by molar-refractivity contribution is 5.66. The smallest absolute Gasteiger partial charge is 0.137 e. The second-order valence-electron chi connectivity index (χ2n) is 4.34. The number of aryl methyl sites for hydroxylation is 2. The normalized spacial score (nSPS) is 10.9. The van der Waals surface area contributed by atoms with E-state index >= 15 is 0 Å². The quantitative estimate of drug-likeness (QED) is 0.614. The molecule has 0 aliphatic carbocycles. The van der Waals surface area contributed by atoms with Crippen molar-refractivity contribution < 1.29 is 0 Å². The lowest BCUT2D eigenvalue weighted by Gasteiger charge is -2.00. The fourth-order valence-electron chi connectivity index (χ4n) is 2.14. The van der Waals surface area contributed by atoms with Gasteiger partial charge in [-0.05, 0) is 31.5 Å². The zero-order chi connectivity index (χ0) is 11.8. The average molecular weight is 222 g/mol. The van der Waals surface area contributed by atoms with Crippen molar-refractivity contribution in [2.45, 2.75) is 13.8 Å². The molecule has 2 heterocycles. The number of pyridine rings is 1. The highest BCUT2D eigenvalue weighted by atomic mass is 15.0. The van der Waals surface area contributed by atoms with Gasteiger partial charge in [0.25, 0.3) is 0 Å². The van der Waals surface area contributed by atoms with Crippen LogP contribution in [0.3, 0.4) is 0 Å². The molecule has 0 unspecified atom stereocenters. The maximum atomic E-state index is 4.67. The Morgan fingerprint density at radius 2 is 1.76 bits per heavy atom. The number of fused-ring (bicyclic) bond motifs is 1. The Morgan fingerprint density at radius 3 is 2.53 bits per heavy atom. The van der Waals surface area contributed by atoms with Crippen LogP contribution in [0.15, 0.2) is 48.7 Å². The van der Waals surface area contributed by atoms with Gasteiger partial charge in [0.15, 0.2) is 0 Å². The minimum Gasteiger partial charge on any atom is -0.304 e. The van der Waals surface area contributed by atoms with Crippen molar-refractivity contribution in [1.82, 2.24) is 9.38 Å². The Bertz CT molecular complexity index is 680. The lowest BCUT2D eigenvalue weighted by Crippen LogP contribution is -1.86. The Balaban J connectivity index is 2.26. The van der Waals surface area contributed by atoms with E-state index in [9.17, 15) is 0 Å². The van der Waals surface area contributed by atoms with Gasteiger partial charge < -0.3 is 4.40 Å². The first-order valence-electron chi connectivity index (χ1n) is 5.76. The summed E-state index contributed by atoms with van der Waals surface area (Å²) in [6.07, 6.45) is 2.10. The fraction of sp³-hybridized carbons (Fsp3) is 0.133. The molecule has 3 aromatic rings. The summed E-state index contributed by atoms with van der Waals surface area (Å²) in [5.74, 6) is 0. The van der Waals surface area contributed by atoms with Crippen LogP contribution in [0.4, 0.5) is 0 Å². The molecule has 0 aliphatic heterocycles. The summed E-state index contributed by atoms with van der Waals surface area (Å²) in [7, 11) is 0. The number of hydrogen-bond donors (Lipinski definition) is 0. The van der Waals surface area contributed by atoms with Gasteiger partial charge in [0, 0.05) is 17.5 Å². The van der Waals surface area contributed by atoms with Crippen LogP contribution in [0.1, 0.15) is 11.3 Å². The molecule has 0 atom stereocenters. The van der Waals surface area contributed by atoms with Crippen LogP contribution in [0.25, 0.3) is 16.9 Å². The minimum atomic E-state index is 1.00. The number of nitrogens with zero attached hydrogens (tertiary/aromatic N) is 2. The van der Waals surface area contributed by atoms with Gasteiger partial charge in [-0.15, -0.1) is 0 Å². The van der Waals surface area contributed by atoms with Crippen molar-refractivity contribution >= 4 is 5.65 Å².